The summed E-state index contributed by atoms with van der Waals surface area (Å²) in [6, 6.07) is 0. The molecule has 0 bridgehead atoms. The second-order valence-corrected chi connectivity index (χ2v) is 16.0. The van der Waals surface area contributed by atoms with Crippen molar-refractivity contribution in [1.82, 2.24) is 0 Å². The Morgan fingerprint density at radius 2 is 0.784 bits per heavy atom. The van der Waals surface area contributed by atoms with E-state index in [0.29, 0.717) is 0 Å². The van der Waals surface area contributed by atoms with Crippen LogP contribution in [-0.4, -0.2) is 49.3 Å². The van der Waals surface area contributed by atoms with Crippen molar-refractivity contribution >= 4 is 19.8 Å². The average molecular weight is 748 g/mol. The molecule has 51 heavy (non-hydrogen) atoms. The topological polar surface area (TPSA) is 134 Å². The van der Waals surface area contributed by atoms with Gasteiger partial charge in [0.1, 0.15) is 19.3 Å². The molecule has 0 aromatic rings. The third kappa shape index (κ3) is 38.5. The fourth-order valence-corrected chi connectivity index (χ4v) is 7.19. The van der Waals surface area contributed by atoms with E-state index in [0.717, 1.165) is 38.5 Å². The molecule has 9 nitrogen and oxygen atoms in total. The van der Waals surface area contributed by atoms with E-state index < -0.39 is 25.9 Å². The van der Waals surface area contributed by atoms with Gasteiger partial charge in [-0.15, -0.1) is 0 Å². The molecule has 0 aliphatic rings. The van der Waals surface area contributed by atoms with Crippen LogP contribution in [0.3, 0.4) is 0 Å². The van der Waals surface area contributed by atoms with E-state index in [9.17, 15) is 19.0 Å². The minimum absolute atomic E-state index is 0.0427. The first-order valence-corrected chi connectivity index (χ1v) is 23.0. The lowest BCUT2D eigenvalue weighted by Crippen LogP contribution is -2.28. The Bertz CT molecular complexity index is 765. The SMILES string of the molecule is CCCCCCCCCCCCCCCCCC(=O)OCC(COC(=O)CCCCCCCCCCCCCCCCC)OP(=O)(O)OCCN. The molecule has 0 aromatic heterocycles. The Balaban J connectivity index is 4.05. The lowest BCUT2D eigenvalue weighted by molar-refractivity contribution is -0.152. The van der Waals surface area contributed by atoms with Gasteiger partial charge in [-0.05, 0) is 12.8 Å². The number of phosphoric ester groups is 1. The van der Waals surface area contributed by atoms with Gasteiger partial charge in [0.05, 0.1) is 6.61 Å². The van der Waals surface area contributed by atoms with Crippen LogP contribution in [0.2, 0.25) is 0 Å². The second kappa shape index (κ2) is 38.7. The van der Waals surface area contributed by atoms with Gasteiger partial charge in [-0.3, -0.25) is 18.6 Å². The fraction of sp³-hybridized carbons (Fsp3) is 0.951. The van der Waals surface area contributed by atoms with E-state index >= 15 is 0 Å². The van der Waals surface area contributed by atoms with Crippen LogP contribution in [0.25, 0.3) is 0 Å². The molecule has 1 atom stereocenters. The lowest BCUT2D eigenvalue weighted by Gasteiger charge is -2.20. The number of esters is 2. The van der Waals surface area contributed by atoms with Crippen molar-refractivity contribution in [1.29, 1.82) is 0 Å². The van der Waals surface area contributed by atoms with Gasteiger partial charge in [-0.25, -0.2) is 4.57 Å². The second-order valence-electron chi connectivity index (χ2n) is 14.6. The van der Waals surface area contributed by atoms with Gasteiger partial charge in [0.15, 0.2) is 0 Å². The summed E-state index contributed by atoms with van der Waals surface area (Å²) >= 11 is 0. The Morgan fingerprint density at radius 3 is 1.06 bits per heavy atom. The normalized spacial score (nSPS) is 12.7. The number of phosphoric acid groups is 1. The van der Waals surface area contributed by atoms with Gasteiger partial charge in [0, 0.05) is 19.4 Å². The first-order valence-electron chi connectivity index (χ1n) is 21.5. The fourth-order valence-electron chi connectivity index (χ4n) is 6.29. The largest absolute Gasteiger partial charge is 0.472 e. The van der Waals surface area contributed by atoms with E-state index in [-0.39, 0.29) is 39.2 Å². The van der Waals surface area contributed by atoms with Crippen LogP contribution in [-0.2, 0) is 32.7 Å². The Kier molecular flexibility index (Phi) is 38.0. The summed E-state index contributed by atoms with van der Waals surface area (Å²) in [5.41, 5.74) is 5.37. The van der Waals surface area contributed by atoms with Crippen molar-refractivity contribution in [2.45, 2.75) is 225 Å². The van der Waals surface area contributed by atoms with Crippen LogP contribution in [0.5, 0.6) is 0 Å². The monoisotopic (exact) mass is 748 g/mol. The number of carbonyl (C=O) groups is 2. The van der Waals surface area contributed by atoms with Gasteiger partial charge in [-0.2, -0.15) is 0 Å². The third-order valence-electron chi connectivity index (χ3n) is 9.48. The molecule has 0 aromatic carbocycles. The highest BCUT2D eigenvalue weighted by atomic mass is 31.2. The summed E-state index contributed by atoms with van der Waals surface area (Å²) < 4.78 is 33.0. The molecule has 0 saturated heterocycles. The van der Waals surface area contributed by atoms with E-state index in [2.05, 4.69) is 13.8 Å². The summed E-state index contributed by atoms with van der Waals surface area (Å²) in [6.45, 7) is 3.78. The summed E-state index contributed by atoms with van der Waals surface area (Å²) in [6.07, 6.45) is 36.9. The molecule has 10 heteroatoms. The molecule has 0 saturated carbocycles. The highest BCUT2D eigenvalue weighted by Crippen LogP contribution is 2.44. The van der Waals surface area contributed by atoms with E-state index in [1.807, 2.05) is 0 Å². The predicted molar refractivity (Wildman–Crippen MR) is 211 cm³/mol. The van der Waals surface area contributed by atoms with Crippen molar-refractivity contribution in [3.8, 4) is 0 Å². The molecular formula is C41H82NO8P. The first kappa shape index (κ1) is 50.0. The molecule has 0 spiro atoms. The Hall–Kier alpha value is -0.990. The predicted octanol–water partition coefficient (Wildman–Crippen LogP) is 12.1. The molecule has 0 rings (SSSR count). The van der Waals surface area contributed by atoms with E-state index in [4.69, 9.17) is 24.3 Å². The highest BCUT2D eigenvalue weighted by Gasteiger charge is 2.28. The molecule has 304 valence electrons. The van der Waals surface area contributed by atoms with Gasteiger partial charge in [0.25, 0.3) is 0 Å². The molecule has 1 unspecified atom stereocenters. The maximum Gasteiger partial charge on any atom is 0.472 e. The number of rotatable bonds is 41. The summed E-state index contributed by atoms with van der Waals surface area (Å²) in [5, 5.41) is 0. The zero-order valence-electron chi connectivity index (χ0n) is 33.4. The summed E-state index contributed by atoms with van der Waals surface area (Å²) in [4.78, 5) is 34.7. The standard InChI is InChI=1S/C41H82NO8P/c1-3-5-7-9-11-13-15-17-19-21-23-25-27-29-31-33-40(43)47-37-39(50-51(45,46)49-36-35-42)38-48-41(44)34-32-30-28-26-24-22-20-18-16-14-12-10-8-6-4-2/h39H,3-38,42H2,1-2H3,(H,45,46). The smallest absolute Gasteiger partial charge is 0.463 e. The number of carbonyl (C=O) groups excluding carboxylic acids is 2. The van der Waals surface area contributed by atoms with Crippen LogP contribution in [0.4, 0.5) is 0 Å². The van der Waals surface area contributed by atoms with Crippen LogP contribution < -0.4 is 5.73 Å². The molecular weight excluding hydrogens is 665 g/mol. The van der Waals surface area contributed by atoms with Crippen LogP contribution in [0.1, 0.15) is 219 Å². The molecule has 0 amide bonds. The molecule has 0 aliphatic carbocycles. The number of ether oxygens (including phenoxy) is 2. The molecule has 0 fully saturated rings. The zero-order chi connectivity index (χ0) is 37.5. The van der Waals surface area contributed by atoms with Gasteiger partial charge < -0.3 is 20.1 Å². The van der Waals surface area contributed by atoms with E-state index in [1.54, 1.807) is 0 Å². The average Bonchev–Trinajstić information content (AvgIpc) is 3.11. The molecule has 3 N–H and O–H groups in total. The summed E-state index contributed by atoms with van der Waals surface area (Å²) in [5.74, 6) is -0.809. The number of nitrogens with two attached hydrogens (primary N) is 1. The molecule has 0 radical (unpaired) electrons. The zero-order valence-corrected chi connectivity index (χ0v) is 34.3. The maximum absolute atomic E-state index is 12.4. The van der Waals surface area contributed by atoms with Crippen LogP contribution >= 0.6 is 7.82 Å². The highest BCUT2D eigenvalue weighted by molar-refractivity contribution is 7.47. The lowest BCUT2D eigenvalue weighted by atomic mass is 10.0. The third-order valence-corrected chi connectivity index (χ3v) is 10.6. The Morgan fingerprint density at radius 1 is 0.510 bits per heavy atom. The minimum Gasteiger partial charge on any atom is -0.463 e. The van der Waals surface area contributed by atoms with Crippen molar-refractivity contribution in [3.63, 3.8) is 0 Å². The van der Waals surface area contributed by atoms with Crippen molar-refractivity contribution in [3.05, 3.63) is 0 Å². The first-order chi connectivity index (χ1) is 24.8. The number of hydrogen-bond donors (Lipinski definition) is 2. The van der Waals surface area contributed by atoms with Gasteiger partial charge in [0.2, 0.25) is 0 Å². The van der Waals surface area contributed by atoms with Crippen molar-refractivity contribution in [2.24, 2.45) is 5.73 Å². The van der Waals surface area contributed by atoms with Gasteiger partial charge >= 0.3 is 19.8 Å². The minimum atomic E-state index is -4.45. The van der Waals surface area contributed by atoms with Gasteiger partial charge in [-0.1, -0.05) is 194 Å². The van der Waals surface area contributed by atoms with Crippen LogP contribution in [0, 0.1) is 0 Å². The summed E-state index contributed by atoms with van der Waals surface area (Å²) in [7, 11) is -4.45. The van der Waals surface area contributed by atoms with Crippen molar-refractivity contribution < 1.29 is 37.6 Å². The van der Waals surface area contributed by atoms with Crippen LogP contribution in [0.15, 0.2) is 0 Å². The number of unbranched alkanes of at least 4 members (excludes halogenated alkanes) is 28. The van der Waals surface area contributed by atoms with E-state index in [1.165, 1.54) is 154 Å². The maximum atomic E-state index is 12.4. The number of hydrogen-bond acceptors (Lipinski definition) is 8. The quantitative estimate of drug-likeness (QED) is 0.0356. The molecule has 0 heterocycles. The molecule has 0 aliphatic heterocycles. The Labute approximate surface area is 314 Å². The van der Waals surface area contributed by atoms with Crippen molar-refractivity contribution in [2.75, 3.05) is 26.4 Å².